The van der Waals surface area contributed by atoms with Gasteiger partial charge in [-0.3, -0.25) is 0 Å². The van der Waals surface area contributed by atoms with Gasteiger partial charge in [0.1, 0.15) is 23.0 Å². The molecule has 10 rings (SSSR count). The Morgan fingerprint density at radius 1 is 0.750 bits per heavy atom. The van der Waals surface area contributed by atoms with E-state index in [-0.39, 0.29) is 0 Å². The Kier molecular flexibility index (Phi) is 5.67. The Morgan fingerprint density at radius 3 is 2.64 bits per heavy atom. The van der Waals surface area contributed by atoms with Gasteiger partial charge in [-0.15, -0.1) is 11.8 Å². The van der Waals surface area contributed by atoms with Crippen LogP contribution in [0.15, 0.2) is 85.8 Å². The van der Waals surface area contributed by atoms with Gasteiger partial charge in [0.15, 0.2) is 0 Å². The highest BCUT2D eigenvalue weighted by molar-refractivity contribution is 8.00. The monoisotopic (exact) mass is 593 g/mol. The lowest BCUT2D eigenvalue weighted by atomic mass is 9.85. The summed E-state index contributed by atoms with van der Waals surface area (Å²) in [6, 6.07) is 16.2. The molecule has 0 saturated heterocycles. The van der Waals surface area contributed by atoms with Gasteiger partial charge in [0.05, 0.1) is 0 Å². The molecule has 2 atom stereocenters. The van der Waals surface area contributed by atoms with E-state index in [1.54, 1.807) is 5.56 Å². The summed E-state index contributed by atoms with van der Waals surface area (Å²) in [5, 5.41) is 0.582. The predicted octanol–water partition coefficient (Wildman–Crippen LogP) is 10.3. The van der Waals surface area contributed by atoms with Gasteiger partial charge in [0.25, 0.3) is 0 Å². The Labute approximate surface area is 263 Å². The summed E-state index contributed by atoms with van der Waals surface area (Å²) in [6.07, 6.45) is 24.6. The lowest BCUT2D eigenvalue weighted by Gasteiger charge is -2.33. The van der Waals surface area contributed by atoms with Crippen LogP contribution in [-0.4, -0.2) is 5.25 Å². The van der Waals surface area contributed by atoms with E-state index in [0.29, 0.717) is 11.2 Å². The second-order valence-electron chi connectivity index (χ2n) is 13.1. The lowest BCUT2D eigenvalue weighted by Crippen LogP contribution is -2.25. The molecule has 2 aromatic heterocycles. The molecule has 2 unspecified atom stereocenters. The maximum atomic E-state index is 6.69. The van der Waals surface area contributed by atoms with Crippen LogP contribution in [-0.2, 0) is 32.1 Å². The van der Waals surface area contributed by atoms with E-state index in [1.165, 1.54) is 74.0 Å². The Morgan fingerprint density at radius 2 is 1.64 bits per heavy atom. The molecule has 4 heteroatoms. The van der Waals surface area contributed by atoms with Crippen molar-refractivity contribution in [2.24, 2.45) is 0 Å². The average Bonchev–Trinajstić information content (AvgIpc) is 3.75. The third-order valence-electron chi connectivity index (χ3n) is 10.7. The second-order valence-corrected chi connectivity index (χ2v) is 14.4. The molecule has 5 aliphatic carbocycles. The van der Waals surface area contributed by atoms with Gasteiger partial charge in [-0.2, -0.15) is 0 Å². The van der Waals surface area contributed by atoms with E-state index in [2.05, 4.69) is 95.6 Å². The summed E-state index contributed by atoms with van der Waals surface area (Å²) >= 11 is 2.06. The van der Waals surface area contributed by atoms with E-state index >= 15 is 0 Å². The number of hydrogen-bond acceptors (Lipinski definition) is 4. The Hall–Kier alpha value is -3.89. The van der Waals surface area contributed by atoms with Gasteiger partial charge >= 0.3 is 0 Å². The van der Waals surface area contributed by atoms with Crippen molar-refractivity contribution in [3.63, 3.8) is 0 Å². The van der Waals surface area contributed by atoms with Crippen LogP contribution in [0.5, 0.6) is 0 Å². The number of aryl methyl sites for hydroxylation is 3. The first-order valence-electron chi connectivity index (χ1n) is 16.5. The first-order chi connectivity index (χ1) is 21.8. The molecule has 0 saturated carbocycles. The van der Waals surface area contributed by atoms with E-state index in [1.807, 2.05) is 0 Å². The van der Waals surface area contributed by atoms with Crippen LogP contribution in [0.3, 0.4) is 0 Å². The summed E-state index contributed by atoms with van der Waals surface area (Å²) < 4.78 is 13.0. The fraction of sp³-hybridized carbons (Fsp3) is 0.300. The first-order valence-corrected chi connectivity index (χ1v) is 17.4. The zero-order chi connectivity index (χ0) is 28.8. The number of nitrogens with zero attached hydrogens (tertiary/aromatic N) is 1. The van der Waals surface area contributed by atoms with Crippen LogP contribution in [0, 0.1) is 0 Å². The van der Waals surface area contributed by atoms with Crippen LogP contribution < -0.4 is 4.90 Å². The molecule has 6 aliphatic rings. The first kappa shape index (κ1) is 25.4. The maximum Gasteiger partial charge on any atom is 0.132 e. The summed E-state index contributed by atoms with van der Waals surface area (Å²) in [4.78, 5) is 4.04. The van der Waals surface area contributed by atoms with Crippen molar-refractivity contribution < 1.29 is 8.83 Å². The summed E-state index contributed by atoms with van der Waals surface area (Å²) in [5.74, 6) is 5.11. The van der Waals surface area contributed by atoms with Crippen LogP contribution in [0.4, 0.5) is 5.69 Å². The molecule has 0 fully saturated rings. The van der Waals surface area contributed by atoms with Crippen molar-refractivity contribution in [1.29, 1.82) is 0 Å². The molecule has 4 aromatic rings. The normalized spacial score (nSPS) is 22.1. The molecule has 0 amide bonds. The molecular formula is C40H35NO2S. The number of rotatable bonds is 3. The average molecular weight is 594 g/mol. The third-order valence-corrected chi connectivity index (χ3v) is 12.1. The maximum absolute atomic E-state index is 6.69. The zero-order valence-electron chi connectivity index (χ0n) is 24.9. The molecule has 3 heterocycles. The van der Waals surface area contributed by atoms with Gasteiger partial charge in [-0.25, -0.2) is 0 Å². The molecule has 2 aromatic carbocycles. The number of fused-ring (bicyclic) bond motifs is 11. The molecule has 44 heavy (non-hydrogen) atoms. The van der Waals surface area contributed by atoms with Crippen molar-refractivity contribution in [1.82, 2.24) is 0 Å². The molecule has 3 nitrogen and oxygen atoms in total. The number of hydrogen-bond donors (Lipinski definition) is 0. The van der Waals surface area contributed by atoms with Gasteiger partial charge in [0, 0.05) is 74.3 Å². The standard InChI is InChI=1S/C40H35NO2S/c1-2-8-28-24(7-1)13-19-36-40(28)32-18-15-26(22-37(32)43-36)41(25-16-20-35-33(21-25)29-9-3-5-11-34(29)42-35)27-14-17-31-30-10-4-6-12-38(30)44-39(31)23-27/h1-2,5-8,11-12,14,17,21-23,30,38H,3-4,9-10,13,15-16,18-20H2. The predicted molar refractivity (Wildman–Crippen MR) is 180 cm³/mol. The van der Waals surface area contributed by atoms with Crippen LogP contribution in [0.1, 0.15) is 88.9 Å². The number of thioether (sulfide) groups is 1. The second kappa shape index (κ2) is 9.81. The number of furan rings is 2. The smallest absolute Gasteiger partial charge is 0.132 e. The molecular weight excluding hydrogens is 559 g/mol. The van der Waals surface area contributed by atoms with E-state index in [9.17, 15) is 0 Å². The SMILES string of the molecule is C1=Cc2oc3c(c2CC1)C=C(N(C1=Cc2oc4c(c2CC1)-c1ccccc1CC4)c1ccc2c(c1)SC1C=CCCC21)CC3. The highest BCUT2D eigenvalue weighted by atomic mass is 32.2. The molecule has 218 valence electrons. The van der Waals surface area contributed by atoms with Crippen molar-refractivity contribution >= 4 is 35.7 Å². The quantitative estimate of drug-likeness (QED) is 0.221. The summed E-state index contributed by atoms with van der Waals surface area (Å²) in [5.41, 5.74) is 13.8. The van der Waals surface area contributed by atoms with Gasteiger partial charge in [-0.05, 0) is 92.3 Å². The fourth-order valence-corrected chi connectivity index (χ4v) is 10.1. The van der Waals surface area contributed by atoms with Gasteiger partial charge in [-0.1, -0.05) is 48.6 Å². The van der Waals surface area contributed by atoms with Crippen LogP contribution in [0.25, 0.3) is 29.4 Å². The fourth-order valence-electron chi connectivity index (χ4n) is 8.64. The minimum Gasteiger partial charge on any atom is -0.461 e. The van der Waals surface area contributed by atoms with Crippen molar-refractivity contribution in [3.8, 4) is 11.1 Å². The molecule has 0 bridgehead atoms. The van der Waals surface area contributed by atoms with Gasteiger partial charge < -0.3 is 13.7 Å². The van der Waals surface area contributed by atoms with E-state index in [0.717, 1.165) is 68.6 Å². The lowest BCUT2D eigenvalue weighted by molar-refractivity contribution is 0.492. The largest absolute Gasteiger partial charge is 0.461 e. The van der Waals surface area contributed by atoms with Crippen molar-refractivity contribution in [3.05, 3.63) is 123 Å². The van der Waals surface area contributed by atoms with Crippen LogP contribution in [0.2, 0.25) is 0 Å². The molecule has 0 radical (unpaired) electrons. The molecule has 1 aliphatic heterocycles. The summed E-state index contributed by atoms with van der Waals surface area (Å²) in [6.45, 7) is 0. The highest BCUT2D eigenvalue weighted by Gasteiger charge is 2.35. The number of anilines is 1. The molecule has 0 spiro atoms. The van der Waals surface area contributed by atoms with Gasteiger partial charge in [0.2, 0.25) is 0 Å². The van der Waals surface area contributed by atoms with Crippen molar-refractivity contribution in [2.75, 3.05) is 4.90 Å². The third kappa shape index (κ3) is 3.83. The zero-order valence-corrected chi connectivity index (χ0v) is 25.7. The number of benzene rings is 2. The Bertz CT molecular complexity index is 1980. The van der Waals surface area contributed by atoms with Crippen molar-refractivity contribution in [2.45, 2.75) is 80.3 Å². The minimum atomic E-state index is 0.582. The van der Waals surface area contributed by atoms with E-state index < -0.39 is 0 Å². The van der Waals surface area contributed by atoms with E-state index in [4.69, 9.17) is 8.83 Å². The summed E-state index contributed by atoms with van der Waals surface area (Å²) in [7, 11) is 0. The highest BCUT2D eigenvalue weighted by Crippen LogP contribution is 2.52. The topological polar surface area (TPSA) is 29.5 Å². The Balaban J connectivity index is 1.10. The molecule has 0 N–H and O–H groups in total. The minimum absolute atomic E-state index is 0.582. The number of allylic oxidation sites excluding steroid dienone is 4. The van der Waals surface area contributed by atoms with Crippen LogP contribution >= 0.6 is 11.8 Å².